The van der Waals surface area contributed by atoms with E-state index in [0.29, 0.717) is 18.4 Å². The fourth-order valence-corrected chi connectivity index (χ4v) is 4.63. The summed E-state index contributed by atoms with van der Waals surface area (Å²) >= 11 is 0. The summed E-state index contributed by atoms with van der Waals surface area (Å²) in [5.41, 5.74) is 0.983. The Labute approximate surface area is 150 Å². The molecule has 1 saturated carbocycles. The number of amides is 2. The molecule has 25 heavy (non-hydrogen) atoms. The molecule has 1 atom stereocenters. The number of benzene rings is 1. The van der Waals surface area contributed by atoms with E-state index in [0.717, 1.165) is 58.2 Å². The summed E-state index contributed by atoms with van der Waals surface area (Å²) in [6, 6.07) is 10.4. The molecule has 2 saturated heterocycles. The molecule has 2 aliphatic heterocycles. The molecule has 1 aromatic carbocycles. The van der Waals surface area contributed by atoms with Crippen LogP contribution in [0.5, 0.6) is 0 Å². The minimum absolute atomic E-state index is 0.239. The molecule has 0 N–H and O–H groups in total. The molecule has 1 aliphatic carbocycles. The molecule has 1 aromatic rings. The van der Waals surface area contributed by atoms with E-state index in [9.17, 15) is 9.59 Å². The average molecular weight is 340 g/mol. The summed E-state index contributed by atoms with van der Waals surface area (Å²) in [5, 5.41) is 0. The maximum Gasteiger partial charge on any atom is 0.230 e. The Bertz CT molecular complexity index is 641. The van der Waals surface area contributed by atoms with E-state index in [-0.39, 0.29) is 11.3 Å². The largest absolute Gasteiger partial charge is 0.342 e. The van der Waals surface area contributed by atoms with Gasteiger partial charge in [-0.2, -0.15) is 0 Å². The van der Waals surface area contributed by atoms with Crippen molar-refractivity contribution in [1.29, 1.82) is 0 Å². The van der Waals surface area contributed by atoms with Gasteiger partial charge in [-0.1, -0.05) is 36.8 Å². The second-order valence-electron chi connectivity index (χ2n) is 8.05. The molecule has 0 radical (unpaired) electrons. The Morgan fingerprint density at radius 2 is 1.88 bits per heavy atom. The first-order valence-corrected chi connectivity index (χ1v) is 9.80. The number of rotatable bonds is 4. The standard InChI is InChI=1S/C21H28N2O2/c24-19(18-8-4-9-18)23-15-12-21(16-23)11-5-13-22(20(21)25)14-10-17-6-2-1-3-7-17/h1-3,6-7,18H,4-5,8-16H2. The van der Waals surface area contributed by atoms with Crippen LogP contribution in [-0.2, 0) is 16.0 Å². The average Bonchev–Trinajstić information content (AvgIpc) is 3.01. The van der Waals surface area contributed by atoms with Crippen LogP contribution in [0.2, 0.25) is 0 Å². The lowest BCUT2D eigenvalue weighted by Gasteiger charge is -2.39. The van der Waals surface area contributed by atoms with Gasteiger partial charge >= 0.3 is 0 Å². The minimum Gasteiger partial charge on any atom is -0.342 e. The van der Waals surface area contributed by atoms with Gasteiger partial charge in [-0.25, -0.2) is 0 Å². The highest BCUT2D eigenvalue weighted by Gasteiger charge is 2.50. The third kappa shape index (κ3) is 3.19. The fourth-order valence-electron chi connectivity index (χ4n) is 4.63. The molecule has 0 aromatic heterocycles. The molecule has 1 spiro atoms. The molecule has 3 fully saturated rings. The van der Waals surface area contributed by atoms with Crippen LogP contribution < -0.4 is 0 Å². The second kappa shape index (κ2) is 6.81. The number of carbonyl (C=O) groups excluding carboxylic acids is 2. The maximum atomic E-state index is 13.2. The van der Waals surface area contributed by atoms with Crippen LogP contribution in [0.25, 0.3) is 0 Å². The molecule has 4 rings (SSSR count). The SMILES string of the molecule is O=C(C1CCC1)N1CCC2(CCCN(CCc3ccccc3)C2=O)C1. The molecule has 1 unspecified atom stereocenters. The monoisotopic (exact) mass is 340 g/mol. The van der Waals surface area contributed by atoms with Gasteiger partial charge in [0.25, 0.3) is 0 Å². The zero-order valence-corrected chi connectivity index (χ0v) is 15.0. The fraction of sp³-hybridized carbons (Fsp3) is 0.619. The molecule has 0 bridgehead atoms. The summed E-state index contributed by atoms with van der Waals surface area (Å²) in [6.45, 7) is 3.09. The first kappa shape index (κ1) is 16.6. The van der Waals surface area contributed by atoms with Gasteiger partial charge in [0.15, 0.2) is 0 Å². The minimum atomic E-state index is -0.297. The maximum absolute atomic E-state index is 13.2. The van der Waals surface area contributed by atoms with E-state index >= 15 is 0 Å². The van der Waals surface area contributed by atoms with Crippen molar-refractivity contribution in [3.63, 3.8) is 0 Å². The molecular formula is C21H28N2O2. The van der Waals surface area contributed by atoms with Crippen LogP contribution in [0.15, 0.2) is 30.3 Å². The van der Waals surface area contributed by atoms with Gasteiger partial charge in [0, 0.05) is 32.1 Å². The molecule has 3 aliphatic rings. The molecular weight excluding hydrogens is 312 g/mol. The van der Waals surface area contributed by atoms with E-state index in [1.165, 1.54) is 12.0 Å². The Morgan fingerprint density at radius 3 is 2.60 bits per heavy atom. The summed E-state index contributed by atoms with van der Waals surface area (Å²) < 4.78 is 0. The number of likely N-dealkylation sites (tertiary alicyclic amines) is 2. The Hall–Kier alpha value is -1.84. The third-order valence-corrected chi connectivity index (χ3v) is 6.46. The molecule has 2 amide bonds. The molecule has 2 heterocycles. The van der Waals surface area contributed by atoms with Crippen molar-refractivity contribution in [3.05, 3.63) is 35.9 Å². The van der Waals surface area contributed by atoms with Crippen molar-refractivity contribution >= 4 is 11.8 Å². The van der Waals surface area contributed by atoms with Crippen LogP contribution in [0.4, 0.5) is 0 Å². The van der Waals surface area contributed by atoms with Gasteiger partial charge in [-0.15, -0.1) is 0 Å². The molecule has 4 heteroatoms. The quantitative estimate of drug-likeness (QED) is 0.846. The van der Waals surface area contributed by atoms with E-state index < -0.39 is 0 Å². The van der Waals surface area contributed by atoms with Gasteiger partial charge in [0.1, 0.15) is 0 Å². The summed E-state index contributed by atoms with van der Waals surface area (Å²) in [6.07, 6.45) is 7.04. The van der Waals surface area contributed by atoms with E-state index in [4.69, 9.17) is 0 Å². The van der Waals surface area contributed by atoms with Crippen molar-refractivity contribution in [2.45, 2.75) is 44.9 Å². The van der Waals surface area contributed by atoms with E-state index in [1.54, 1.807) is 0 Å². The third-order valence-electron chi connectivity index (χ3n) is 6.46. The number of carbonyl (C=O) groups is 2. The number of nitrogens with zero attached hydrogens (tertiary/aromatic N) is 2. The van der Waals surface area contributed by atoms with Gasteiger partial charge in [-0.05, 0) is 44.1 Å². The number of hydrogen-bond acceptors (Lipinski definition) is 2. The lowest BCUT2D eigenvalue weighted by molar-refractivity contribution is -0.146. The zero-order valence-electron chi connectivity index (χ0n) is 15.0. The Kier molecular flexibility index (Phi) is 4.53. The summed E-state index contributed by atoms with van der Waals surface area (Å²) in [7, 11) is 0. The van der Waals surface area contributed by atoms with Crippen LogP contribution in [0.1, 0.15) is 44.1 Å². The summed E-state index contributed by atoms with van der Waals surface area (Å²) in [5.74, 6) is 0.832. The van der Waals surface area contributed by atoms with Gasteiger partial charge in [0.2, 0.25) is 11.8 Å². The van der Waals surface area contributed by atoms with Crippen molar-refractivity contribution in [2.75, 3.05) is 26.2 Å². The second-order valence-corrected chi connectivity index (χ2v) is 8.05. The van der Waals surface area contributed by atoms with Gasteiger partial charge in [-0.3, -0.25) is 9.59 Å². The van der Waals surface area contributed by atoms with Crippen LogP contribution >= 0.6 is 0 Å². The van der Waals surface area contributed by atoms with Gasteiger partial charge in [0.05, 0.1) is 5.41 Å². The van der Waals surface area contributed by atoms with E-state index in [2.05, 4.69) is 24.3 Å². The number of piperidine rings is 1. The van der Waals surface area contributed by atoms with Crippen LogP contribution in [0.3, 0.4) is 0 Å². The zero-order chi connectivity index (χ0) is 17.3. The van der Waals surface area contributed by atoms with Crippen molar-refractivity contribution in [1.82, 2.24) is 9.80 Å². The predicted molar refractivity (Wildman–Crippen MR) is 96.9 cm³/mol. The van der Waals surface area contributed by atoms with Crippen molar-refractivity contribution < 1.29 is 9.59 Å². The lowest BCUT2D eigenvalue weighted by Crippen LogP contribution is -2.51. The van der Waals surface area contributed by atoms with Gasteiger partial charge < -0.3 is 9.80 Å². The highest BCUT2D eigenvalue weighted by atomic mass is 16.2. The van der Waals surface area contributed by atoms with Crippen molar-refractivity contribution in [3.8, 4) is 0 Å². The Morgan fingerprint density at radius 1 is 1.08 bits per heavy atom. The lowest BCUT2D eigenvalue weighted by atomic mass is 9.78. The van der Waals surface area contributed by atoms with Crippen molar-refractivity contribution in [2.24, 2.45) is 11.3 Å². The van der Waals surface area contributed by atoms with Crippen LogP contribution in [-0.4, -0.2) is 47.8 Å². The summed E-state index contributed by atoms with van der Waals surface area (Å²) in [4.78, 5) is 29.8. The van der Waals surface area contributed by atoms with E-state index in [1.807, 2.05) is 15.9 Å². The topological polar surface area (TPSA) is 40.6 Å². The molecule has 4 nitrogen and oxygen atoms in total. The highest BCUT2D eigenvalue weighted by molar-refractivity contribution is 5.86. The predicted octanol–water partition coefficient (Wildman–Crippen LogP) is 2.87. The normalized spacial score (nSPS) is 27.0. The molecule has 134 valence electrons. The Balaban J connectivity index is 1.39. The number of hydrogen-bond donors (Lipinski definition) is 0. The smallest absolute Gasteiger partial charge is 0.230 e. The van der Waals surface area contributed by atoms with Crippen LogP contribution in [0, 0.1) is 11.3 Å². The highest BCUT2D eigenvalue weighted by Crippen LogP contribution is 2.41. The first-order chi connectivity index (χ1) is 12.2. The first-order valence-electron chi connectivity index (χ1n) is 9.80.